The second-order valence-electron chi connectivity index (χ2n) is 4.20. The first-order valence-electron chi connectivity index (χ1n) is 6.01. The fraction of sp³-hybridized carbons (Fsp3) is 0.308. The number of ether oxygens (including phenoxy) is 1. The van der Waals surface area contributed by atoms with Crippen LogP contribution in [0.5, 0.6) is 5.75 Å². The minimum absolute atomic E-state index is 0.286. The number of halogens is 3. The number of anilines is 1. The molecule has 0 spiro atoms. The summed E-state index contributed by atoms with van der Waals surface area (Å²) in [6, 6.07) is 5.38. The van der Waals surface area contributed by atoms with Crippen molar-refractivity contribution >= 4 is 5.82 Å². The van der Waals surface area contributed by atoms with Crippen LogP contribution in [0.2, 0.25) is 0 Å². The second-order valence-corrected chi connectivity index (χ2v) is 4.20. The fourth-order valence-corrected chi connectivity index (χ4v) is 1.85. The Bertz CT molecular complexity index is 576. The Hall–Kier alpha value is -2.18. The summed E-state index contributed by atoms with van der Waals surface area (Å²) < 4.78 is 45.1. The second kappa shape index (κ2) is 5.44. The van der Waals surface area contributed by atoms with Crippen LogP contribution in [0.3, 0.4) is 0 Å². The van der Waals surface area contributed by atoms with E-state index in [4.69, 9.17) is 10.3 Å². The number of aromatic nitrogens is 1. The maximum Gasteiger partial charge on any atom is 0.573 e. The van der Waals surface area contributed by atoms with Crippen molar-refractivity contribution in [3.8, 4) is 17.1 Å². The molecule has 0 radical (unpaired) electrons. The molecule has 1 heterocycles. The van der Waals surface area contributed by atoms with E-state index in [2.05, 4.69) is 9.89 Å². The minimum Gasteiger partial charge on any atom is -0.406 e. The monoisotopic (exact) mass is 286 g/mol. The van der Waals surface area contributed by atoms with Crippen LogP contribution in [0.25, 0.3) is 11.3 Å². The van der Waals surface area contributed by atoms with E-state index in [9.17, 15) is 13.2 Å². The minimum atomic E-state index is -4.70. The third kappa shape index (κ3) is 3.23. The number of nitrogens with two attached hydrogens (primary N) is 1. The fourth-order valence-electron chi connectivity index (χ4n) is 1.85. The van der Waals surface area contributed by atoms with Crippen LogP contribution in [0.4, 0.5) is 19.0 Å². The Morgan fingerprint density at radius 3 is 2.45 bits per heavy atom. The van der Waals surface area contributed by atoms with Gasteiger partial charge in [-0.1, -0.05) is 18.5 Å². The zero-order chi connectivity index (χ0) is 14.8. The third-order valence-electron chi connectivity index (χ3n) is 2.67. The Morgan fingerprint density at radius 2 is 1.90 bits per heavy atom. The highest BCUT2D eigenvalue weighted by atomic mass is 19.4. The summed E-state index contributed by atoms with van der Waals surface area (Å²) >= 11 is 0. The highest BCUT2D eigenvalue weighted by Crippen LogP contribution is 2.31. The van der Waals surface area contributed by atoms with Gasteiger partial charge in [0, 0.05) is 11.1 Å². The average Bonchev–Trinajstić information content (AvgIpc) is 2.71. The Balaban J connectivity index is 2.26. The molecular weight excluding hydrogens is 273 g/mol. The quantitative estimate of drug-likeness (QED) is 0.929. The molecule has 2 rings (SSSR count). The molecule has 20 heavy (non-hydrogen) atoms. The molecule has 2 aromatic rings. The number of rotatable bonds is 4. The molecule has 0 atom stereocenters. The highest BCUT2D eigenvalue weighted by Gasteiger charge is 2.31. The molecule has 2 N–H and O–H groups in total. The van der Waals surface area contributed by atoms with E-state index in [1.807, 2.05) is 6.92 Å². The summed E-state index contributed by atoms with van der Waals surface area (Å²) in [6.45, 7) is 1.98. The molecule has 1 aromatic heterocycles. The van der Waals surface area contributed by atoms with E-state index >= 15 is 0 Å². The van der Waals surface area contributed by atoms with Gasteiger partial charge in [0.05, 0.1) is 0 Å². The average molecular weight is 286 g/mol. The van der Waals surface area contributed by atoms with Crippen molar-refractivity contribution in [1.82, 2.24) is 5.16 Å². The Labute approximate surface area is 113 Å². The van der Waals surface area contributed by atoms with Crippen molar-refractivity contribution in [1.29, 1.82) is 0 Å². The van der Waals surface area contributed by atoms with Gasteiger partial charge in [0.25, 0.3) is 0 Å². The van der Waals surface area contributed by atoms with Crippen molar-refractivity contribution in [2.45, 2.75) is 26.1 Å². The number of nitrogen functional groups attached to an aromatic ring is 1. The van der Waals surface area contributed by atoms with Gasteiger partial charge in [0.2, 0.25) is 0 Å². The smallest absolute Gasteiger partial charge is 0.406 e. The van der Waals surface area contributed by atoms with E-state index in [0.717, 1.165) is 12.0 Å². The predicted octanol–water partition coefficient (Wildman–Crippen LogP) is 3.77. The van der Waals surface area contributed by atoms with Crippen molar-refractivity contribution in [3.05, 3.63) is 29.8 Å². The molecule has 0 amide bonds. The van der Waals surface area contributed by atoms with Gasteiger partial charge in [-0.15, -0.1) is 13.2 Å². The number of nitrogens with zero attached hydrogens (tertiary/aromatic N) is 1. The lowest BCUT2D eigenvalue weighted by Crippen LogP contribution is -2.16. The maximum absolute atomic E-state index is 12.1. The predicted molar refractivity (Wildman–Crippen MR) is 67.0 cm³/mol. The molecule has 0 aliphatic carbocycles. The molecule has 0 fully saturated rings. The lowest BCUT2D eigenvalue weighted by molar-refractivity contribution is -0.274. The van der Waals surface area contributed by atoms with Crippen LogP contribution in [-0.2, 0) is 6.42 Å². The van der Waals surface area contributed by atoms with E-state index < -0.39 is 6.36 Å². The third-order valence-corrected chi connectivity index (χ3v) is 2.67. The molecule has 0 bridgehead atoms. The molecular formula is C13H13F3N2O2. The topological polar surface area (TPSA) is 61.3 Å². The molecule has 0 saturated carbocycles. The van der Waals surface area contributed by atoms with Crippen molar-refractivity contribution in [3.63, 3.8) is 0 Å². The van der Waals surface area contributed by atoms with Crippen LogP contribution in [0, 0.1) is 0 Å². The lowest BCUT2D eigenvalue weighted by Gasteiger charge is -2.08. The summed E-state index contributed by atoms with van der Waals surface area (Å²) in [5.74, 6) is 0.492. The molecule has 108 valence electrons. The van der Waals surface area contributed by atoms with Gasteiger partial charge in [0.15, 0.2) is 11.6 Å². The number of hydrogen-bond donors (Lipinski definition) is 1. The normalized spacial score (nSPS) is 11.6. The number of benzene rings is 1. The van der Waals surface area contributed by atoms with Crippen molar-refractivity contribution in [2.24, 2.45) is 0 Å². The summed E-state index contributed by atoms with van der Waals surface area (Å²) in [6.07, 6.45) is -3.16. The molecule has 7 heteroatoms. The van der Waals surface area contributed by atoms with E-state index in [0.29, 0.717) is 23.6 Å². The summed E-state index contributed by atoms with van der Waals surface area (Å²) in [7, 11) is 0. The maximum atomic E-state index is 12.1. The SMILES string of the molecule is CCCc1c(N)noc1-c1ccc(OC(F)(F)F)cc1. The van der Waals surface area contributed by atoms with Gasteiger partial charge in [-0.05, 0) is 30.7 Å². The van der Waals surface area contributed by atoms with Crippen LogP contribution in [0.15, 0.2) is 28.8 Å². The molecule has 0 unspecified atom stereocenters. The first-order valence-corrected chi connectivity index (χ1v) is 6.01. The van der Waals surface area contributed by atoms with Crippen molar-refractivity contribution < 1.29 is 22.4 Å². The van der Waals surface area contributed by atoms with Gasteiger partial charge in [-0.25, -0.2) is 0 Å². The van der Waals surface area contributed by atoms with E-state index in [-0.39, 0.29) is 5.75 Å². The standard InChI is InChI=1S/C13H13F3N2O2/c1-2-3-10-11(20-18-12(10)17)8-4-6-9(7-5-8)19-13(14,15)16/h4-7H,2-3H2,1H3,(H2,17,18). The molecule has 0 saturated heterocycles. The summed E-state index contributed by atoms with van der Waals surface area (Å²) in [5, 5.41) is 3.68. The van der Waals surface area contributed by atoms with E-state index in [1.54, 1.807) is 0 Å². The van der Waals surface area contributed by atoms with Crippen molar-refractivity contribution in [2.75, 3.05) is 5.73 Å². The molecule has 0 aliphatic heterocycles. The zero-order valence-corrected chi connectivity index (χ0v) is 10.7. The van der Waals surface area contributed by atoms with Crippen LogP contribution in [-0.4, -0.2) is 11.5 Å². The van der Waals surface area contributed by atoms with Crippen LogP contribution >= 0.6 is 0 Å². The molecule has 0 aliphatic rings. The lowest BCUT2D eigenvalue weighted by atomic mass is 10.0. The van der Waals surface area contributed by atoms with Gasteiger partial charge in [0.1, 0.15) is 5.75 Å². The first-order chi connectivity index (χ1) is 9.40. The van der Waals surface area contributed by atoms with Crippen LogP contribution in [0.1, 0.15) is 18.9 Å². The summed E-state index contributed by atoms with van der Waals surface area (Å²) in [5.41, 5.74) is 7.06. The Morgan fingerprint density at radius 1 is 1.25 bits per heavy atom. The van der Waals surface area contributed by atoms with E-state index in [1.165, 1.54) is 24.3 Å². The highest BCUT2D eigenvalue weighted by molar-refractivity contribution is 5.66. The summed E-state index contributed by atoms with van der Waals surface area (Å²) in [4.78, 5) is 0. The zero-order valence-electron chi connectivity index (χ0n) is 10.7. The van der Waals surface area contributed by atoms with Gasteiger partial charge < -0.3 is 15.0 Å². The number of hydrogen-bond acceptors (Lipinski definition) is 4. The van der Waals surface area contributed by atoms with Gasteiger partial charge in [-0.3, -0.25) is 0 Å². The van der Waals surface area contributed by atoms with Crippen LogP contribution < -0.4 is 10.5 Å². The largest absolute Gasteiger partial charge is 0.573 e. The Kier molecular flexibility index (Phi) is 3.87. The first kappa shape index (κ1) is 14.2. The van der Waals surface area contributed by atoms with Gasteiger partial charge >= 0.3 is 6.36 Å². The molecule has 1 aromatic carbocycles. The number of alkyl halides is 3. The van der Waals surface area contributed by atoms with Gasteiger partial charge in [-0.2, -0.15) is 0 Å². The molecule has 4 nitrogen and oxygen atoms in total.